The van der Waals surface area contributed by atoms with Crippen molar-refractivity contribution in [3.05, 3.63) is 59.7 Å². The topological polar surface area (TPSA) is 95.9 Å². The molecule has 2 aromatic rings. The summed E-state index contributed by atoms with van der Waals surface area (Å²) in [5.41, 5.74) is 4.55. The number of ether oxygens (including phenoxy) is 1. The molecule has 1 aliphatic heterocycles. The Balaban J connectivity index is 1.42. The number of hydrogen-bond acceptors (Lipinski definition) is 4. The number of alkyl carbamates (subject to hydrolysis) is 1. The maximum Gasteiger partial charge on any atom is 0.407 e. The molecule has 0 radical (unpaired) electrons. The van der Waals surface area contributed by atoms with E-state index in [1.54, 1.807) is 4.90 Å². The van der Waals surface area contributed by atoms with Gasteiger partial charge in [0.15, 0.2) is 0 Å². The van der Waals surface area contributed by atoms with Crippen LogP contribution in [0.4, 0.5) is 4.79 Å². The minimum atomic E-state index is -0.876. The Morgan fingerprint density at radius 1 is 1.06 bits per heavy atom. The van der Waals surface area contributed by atoms with E-state index >= 15 is 0 Å². The van der Waals surface area contributed by atoms with Crippen LogP contribution in [-0.2, 0) is 14.3 Å². The molecule has 1 heterocycles. The van der Waals surface area contributed by atoms with Crippen LogP contribution in [0.5, 0.6) is 0 Å². The van der Waals surface area contributed by atoms with E-state index in [9.17, 15) is 19.5 Å². The van der Waals surface area contributed by atoms with Crippen LogP contribution < -0.4 is 5.32 Å². The highest BCUT2D eigenvalue weighted by atomic mass is 16.5. The molecule has 4 rings (SSSR count). The Kier molecular flexibility index (Phi) is 7.20. The number of nitrogens with zero attached hydrogens (tertiary/aromatic N) is 1. The van der Waals surface area contributed by atoms with Crippen LogP contribution >= 0.6 is 0 Å². The van der Waals surface area contributed by atoms with Crippen molar-refractivity contribution in [2.75, 3.05) is 13.2 Å². The molecule has 180 valence electrons. The van der Waals surface area contributed by atoms with E-state index in [0.29, 0.717) is 32.2 Å². The summed E-state index contributed by atoms with van der Waals surface area (Å²) in [5.74, 6) is -1.73. The molecular formula is C27H32N2O5. The third-order valence-electron chi connectivity index (χ3n) is 7.08. The van der Waals surface area contributed by atoms with Gasteiger partial charge in [0.25, 0.3) is 0 Å². The quantitative estimate of drug-likeness (QED) is 0.604. The molecule has 3 atom stereocenters. The second-order valence-corrected chi connectivity index (χ2v) is 9.05. The van der Waals surface area contributed by atoms with Crippen LogP contribution in [0, 0.1) is 5.92 Å². The Hall–Kier alpha value is -3.35. The van der Waals surface area contributed by atoms with Crippen LogP contribution in [0.2, 0.25) is 0 Å². The van der Waals surface area contributed by atoms with Crippen molar-refractivity contribution in [2.24, 2.45) is 5.92 Å². The van der Waals surface area contributed by atoms with Crippen molar-refractivity contribution in [3.63, 3.8) is 0 Å². The zero-order chi connectivity index (χ0) is 24.2. The average molecular weight is 465 g/mol. The number of fused-ring (bicyclic) bond motifs is 3. The van der Waals surface area contributed by atoms with Gasteiger partial charge in [-0.15, -0.1) is 0 Å². The number of aliphatic carboxylic acids is 1. The first-order valence-corrected chi connectivity index (χ1v) is 12.1. The maximum atomic E-state index is 13.3. The second-order valence-electron chi connectivity index (χ2n) is 9.05. The molecule has 0 spiro atoms. The summed E-state index contributed by atoms with van der Waals surface area (Å²) >= 11 is 0. The summed E-state index contributed by atoms with van der Waals surface area (Å²) in [6.07, 6.45) is 1.53. The average Bonchev–Trinajstić information content (AvgIpc) is 3.41. The van der Waals surface area contributed by atoms with Gasteiger partial charge in [-0.3, -0.25) is 9.59 Å². The largest absolute Gasteiger partial charge is 0.481 e. The SMILES string of the molecule is CCC[C@H](NC(=O)OCC1c2ccccc2-c2ccccc21)C(=O)N1CCC(C(=O)O)C1CC. The fourth-order valence-electron chi connectivity index (χ4n) is 5.45. The number of amides is 2. The molecule has 7 nitrogen and oxygen atoms in total. The van der Waals surface area contributed by atoms with Crippen molar-refractivity contribution >= 4 is 18.0 Å². The van der Waals surface area contributed by atoms with Crippen LogP contribution in [0.15, 0.2) is 48.5 Å². The molecule has 1 saturated heterocycles. The number of likely N-dealkylation sites (tertiary alicyclic amines) is 1. The Morgan fingerprint density at radius 2 is 1.68 bits per heavy atom. The van der Waals surface area contributed by atoms with Crippen LogP contribution in [-0.4, -0.2) is 53.2 Å². The lowest BCUT2D eigenvalue weighted by Crippen LogP contribution is -2.51. The van der Waals surface area contributed by atoms with Gasteiger partial charge in [-0.25, -0.2) is 4.79 Å². The normalized spacial score (nSPS) is 19.9. The fourth-order valence-corrected chi connectivity index (χ4v) is 5.45. The molecule has 34 heavy (non-hydrogen) atoms. The molecular weight excluding hydrogens is 432 g/mol. The molecule has 0 bridgehead atoms. The monoisotopic (exact) mass is 464 g/mol. The maximum absolute atomic E-state index is 13.3. The molecule has 2 aromatic carbocycles. The van der Waals surface area contributed by atoms with Gasteiger partial charge in [-0.2, -0.15) is 0 Å². The predicted octanol–water partition coefficient (Wildman–Crippen LogP) is 4.41. The van der Waals surface area contributed by atoms with Gasteiger partial charge in [0.05, 0.1) is 5.92 Å². The lowest BCUT2D eigenvalue weighted by atomic mass is 9.98. The number of carbonyl (C=O) groups excluding carboxylic acids is 2. The summed E-state index contributed by atoms with van der Waals surface area (Å²) in [6.45, 7) is 4.40. The van der Waals surface area contributed by atoms with Crippen molar-refractivity contribution in [1.82, 2.24) is 10.2 Å². The highest BCUT2D eigenvalue weighted by molar-refractivity contribution is 5.87. The standard InChI is InChI=1S/C27H32N2O5/c1-3-9-23(25(30)29-15-14-21(26(31)32)24(29)4-2)28-27(33)34-16-22-19-12-7-5-10-17(19)18-11-6-8-13-20(18)22/h5-8,10-13,21-24H,3-4,9,14-16H2,1-2H3,(H,28,33)(H,31,32)/t21?,23-,24?/m0/s1. The van der Waals surface area contributed by atoms with Crippen molar-refractivity contribution in [1.29, 1.82) is 0 Å². The van der Waals surface area contributed by atoms with E-state index in [-0.39, 0.29) is 24.5 Å². The predicted molar refractivity (Wildman–Crippen MR) is 128 cm³/mol. The van der Waals surface area contributed by atoms with Crippen LogP contribution in [0.3, 0.4) is 0 Å². The van der Waals surface area contributed by atoms with Gasteiger partial charge in [-0.1, -0.05) is 68.8 Å². The van der Waals surface area contributed by atoms with Gasteiger partial charge >= 0.3 is 12.1 Å². The summed E-state index contributed by atoms with van der Waals surface area (Å²) in [7, 11) is 0. The van der Waals surface area contributed by atoms with E-state index in [1.807, 2.05) is 38.1 Å². The fraction of sp³-hybridized carbons (Fsp3) is 0.444. The minimum absolute atomic E-state index is 0.0575. The van der Waals surface area contributed by atoms with Crippen LogP contribution in [0.25, 0.3) is 11.1 Å². The third-order valence-corrected chi connectivity index (χ3v) is 7.08. The number of benzene rings is 2. The van der Waals surface area contributed by atoms with E-state index in [4.69, 9.17) is 4.74 Å². The Labute approximate surface area is 200 Å². The number of hydrogen-bond donors (Lipinski definition) is 2. The van der Waals surface area contributed by atoms with Gasteiger partial charge in [0.2, 0.25) is 5.91 Å². The lowest BCUT2D eigenvalue weighted by molar-refractivity contribution is -0.143. The number of nitrogens with one attached hydrogen (secondary N) is 1. The first-order valence-electron chi connectivity index (χ1n) is 12.1. The Bertz CT molecular complexity index is 1020. The molecule has 1 aliphatic carbocycles. The van der Waals surface area contributed by atoms with Crippen molar-refractivity contribution < 1.29 is 24.2 Å². The summed E-state index contributed by atoms with van der Waals surface area (Å²) in [6, 6.07) is 15.2. The molecule has 2 amide bonds. The first kappa shape index (κ1) is 23.8. The Morgan fingerprint density at radius 3 is 2.24 bits per heavy atom. The van der Waals surface area contributed by atoms with Crippen LogP contribution in [0.1, 0.15) is 56.6 Å². The van der Waals surface area contributed by atoms with Crippen molar-refractivity contribution in [2.45, 2.75) is 57.5 Å². The highest BCUT2D eigenvalue weighted by Crippen LogP contribution is 2.44. The summed E-state index contributed by atoms with van der Waals surface area (Å²) < 4.78 is 5.63. The molecule has 0 aromatic heterocycles. The highest BCUT2D eigenvalue weighted by Gasteiger charge is 2.42. The van der Waals surface area contributed by atoms with Gasteiger partial charge < -0.3 is 20.1 Å². The zero-order valence-corrected chi connectivity index (χ0v) is 19.7. The summed E-state index contributed by atoms with van der Waals surface area (Å²) in [4.78, 5) is 39.2. The number of carbonyl (C=O) groups is 3. The number of carboxylic acid groups (broad SMARTS) is 1. The molecule has 7 heteroatoms. The van der Waals surface area contributed by atoms with E-state index in [0.717, 1.165) is 22.3 Å². The molecule has 2 unspecified atom stereocenters. The smallest absolute Gasteiger partial charge is 0.407 e. The number of rotatable bonds is 8. The molecule has 2 N–H and O–H groups in total. The van der Waals surface area contributed by atoms with E-state index < -0.39 is 24.0 Å². The van der Waals surface area contributed by atoms with Gasteiger partial charge in [-0.05, 0) is 41.5 Å². The van der Waals surface area contributed by atoms with Gasteiger partial charge in [0, 0.05) is 18.5 Å². The molecule has 0 saturated carbocycles. The van der Waals surface area contributed by atoms with E-state index in [1.165, 1.54) is 0 Å². The lowest BCUT2D eigenvalue weighted by Gasteiger charge is -2.30. The zero-order valence-electron chi connectivity index (χ0n) is 19.7. The first-order chi connectivity index (χ1) is 16.5. The minimum Gasteiger partial charge on any atom is -0.481 e. The van der Waals surface area contributed by atoms with Crippen molar-refractivity contribution in [3.8, 4) is 11.1 Å². The van der Waals surface area contributed by atoms with Gasteiger partial charge in [0.1, 0.15) is 12.6 Å². The number of carboxylic acids is 1. The van der Waals surface area contributed by atoms with E-state index in [2.05, 4.69) is 29.6 Å². The second kappa shape index (κ2) is 10.3. The summed E-state index contributed by atoms with van der Waals surface area (Å²) in [5, 5.41) is 12.2. The molecule has 2 aliphatic rings. The molecule has 1 fully saturated rings. The third kappa shape index (κ3) is 4.52.